The molecule has 3 N–H and O–H groups in total. The van der Waals surface area contributed by atoms with E-state index in [1.54, 1.807) is 0 Å². The summed E-state index contributed by atoms with van der Waals surface area (Å²) in [5.74, 6) is 0.0448. The second-order valence-corrected chi connectivity index (χ2v) is 7.10. The number of hydrogen-bond donors (Lipinski definition) is 2. The number of rotatable bonds is 6. The Morgan fingerprint density at radius 3 is 2.20 bits per heavy atom. The Morgan fingerprint density at radius 1 is 1.15 bits per heavy atom. The molecule has 0 aromatic rings. The Balaban J connectivity index is 2.23. The lowest BCUT2D eigenvalue weighted by molar-refractivity contribution is -0.132. The van der Waals surface area contributed by atoms with Crippen molar-refractivity contribution in [3.05, 3.63) is 0 Å². The Hall–Kier alpha value is -0.650. The predicted molar refractivity (Wildman–Crippen MR) is 83.6 cm³/mol. The van der Waals surface area contributed by atoms with Crippen LogP contribution in [0.2, 0.25) is 0 Å². The highest BCUT2D eigenvalue weighted by Crippen LogP contribution is 2.28. The summed E-state index contributed by atoms with van der Waals surface area (Å²) in [5, 5.41) is 3.02. The van der Waals surface area contributed by atoms with Crippen LogP contribution in [-0.4, -0.2) is 67.6 Å². The smallest absolute Gasteiger partial charge is 0.227 e. The van der Waals surface area contributed by atoms with Crippen molar-refractivity contribution < 1.29 is 4.79 Å². The minimum Gasteiger partial charge on any atom is -0.356 e. The van der Waals surface area contributed by atoms with Gasteiger partial charge >= 0.3 is 0 Å². The molecular weight excluding hydrogens is 252 g/mol. The number of hydrogen-bond acceptors (Lipinski definition) is 4. The molecule has 1 amide bonds. The first-order valence-electron chi connectivity index (χ1n) is 7.62. The van der Waals surface area contributed by atoms with Crippen LogP contribution in [0.5, 0.6) is 0 Å². The molecule has 0 saturated carbocycles. The molecule has 1 aliphatic heterocycles. The Morgan fingerprint density at radius 2 is 1.70 bits per heavy atom. The van der Waals surface area contributed by atoms with Gasteiger partial charge in [0.2, 0.25) is 5.91 Å². The minimum absolute atomic E-state index is 0.0448. The molecule has 0 aliphatic carbocycles. The van der Waals surface area contributed by atoms with E-state index in [9.17, 15) is 4.79 Å². The second-order valence-electron chi connectivity index (χ2n) is 7.10. The molecule has 20 heavy (non-hydrogen) atoms. The molecule has 1 heterocycles. The maximum Gasteiger partial charge on any atom is 0.227 e. The molecule has 1 rings (SSSR count). The lowest BCUT2D eigenvalue weighted by atomic mass is 9.74. The highest BCUT2D eigenvalue weighted by atomic mass is 16.2. The molecule has 0 unspecified atom stereocenters. The Bertz CT molecular complexity index is 314. The van der Waals surface area contributed by atoms with Crippen molar-refractivity contribution in [2.45, 2.75) is 39.7 Å². The fraction of sp³-hybridized carbons (Fsp3) is 0.933. The predicted octanol–water partition coefficient (Wildman–Crippen LogP) is 0.504. The summed E-state index contributed by atoms with van der Waals surface area (Å²) in [6, 6.07) is 0. The molecule has 0 aromatic heterocycles. The van der Waals surface area contributed by atoms with Gasteiger partial charge in [-0.1, -0.05) is 0 Å². The zero-order valence-electron chi connectivity index (χ0n) is 13.8. The van der Waals surface area contributed by atoms with Gasteiger partial charge in [0.15, 0.2) is 0 Å². The minimum atomic E-state index is -0.555. The van der Waals surface area contributed by atoms with Crippen LogP contribution in [0.25, 0.3) is 0 Å². The summed E-state index contributed by atoms with van der Waals surface area (Å²) in [4.78, 5) is 17.0. The molecule has 0 aromatic carbocycles. The number of carbonyl (C=O) groups is 1. The summed E-state index contributed by atoms with van der Waals surface area (Å²) >= 11 is 0. The van der Waals surface area contributed by atoms with E-state index >= 15 is 0 Å². The van der Waals surface area contributed by atoms with Gasteiger partial charge < -0.3 is 20.9 Å². The molecule has 0 atom stereocenters. The lowest BCUT2D eigenvalue weighted by Crippen LogP contribution is -2.55. The first-order valence-corrected chi connectivity index (χ1v) is 7.62. The van der Waals surface area contributed by atoms with Crippen LogP contribution < -0.4 is 11.1 Å². The monoisotopic (exact) mass is 284 g/mol. The topological polar surface area (TPSA) is 61.6 Å². The lowest BCUT2D eigenvalue weighted by Gasteiger charge is -2.37. The van der Waals surface area contributed by atoms with Crippen LogP contribution in [0.1, 0.15) is 34.1 Å². The number of amides is 1. The van der Waals surface area contributed by atoms with Gasteiger partial charge in [0.1, 0.15) is 0 Å². The summed E-state index contributed by atoms with van der Waals surface area (Å²) in [6.07, 6.45) is 0.997. The first kappa shape index (κ1) is 17.4. The third kappa shape index (κ3) is 4.72. The van der Waals surface area contributed by atoms with Crippen LogP contribution in [0.4, 0.5) is 0 Å². The number of carbonyl (C=O) groups excluding carboxylic acids is 1. The highest BCUT2D eigenvalue weighted by molar-refractivity contribution is 5.83. The third-order valence-corrected chi connectivity index (χ3v) is 4.71. The van der Waals surface area contributed by atoms with Gasteiger partial charge in [-0.05, 0) is 47.7 Å². The van der Waals surface area contributed by atoms with E-state index in [1.807, 2.05) is 27.7 Å². The summed E-state index contributed by atoms with van der Waals surface area (Å²) < 4.78 is 0. The van der Waals surface area contributed by atoms with Gasteiger partial charge in [0.25, 0.3) is 0 Å². The van der Waals surface area contributed by atoms with E-state index in [-0.39, 0.29) is 5.91 Å². The Labute approximate surface area is 123 Å². The van der Waals surface area contributed by atoms with Crippen LogP contribution in [-0.2, 0) is 4.79 Å². The molecule has 0 bridgehead atoms. The zero-order valence-corrected chi connectivity index (χ0v) is 13.8. The van der Waals surface area contributed by atoms with E-state index in [0.29, 0.717) is 0 Å². The van der Waals surface area contributed by atoms with Crippen LogP contribution in [0, 0.1) is 5.41 Å². The summed E-state index contributed by atoms with van der Waals surface area (Å²) in [7, 11) is 2.16. The van der Waals surface area contributed by atoms with Gasteiger partial charge in [0.05, 0.1) is 5.41 Å². The van der Waals surface area contributed by atoms with Crippen molar-refractivity contribution >= 4 is 5.91 Å². The number of nitrogens with one attached hydrogen (secondary N) is 1. The van der Waals surface area contributed by atoms with Gasteiger partial charge in [-0.2, -0.15) is 0 Å². The molecule has 5 heteroatoms. The van der Waals surface area contributed by atoms with E-state index in [4.69, 9.17) is 5.73 Å². The fourth-order valence-electron chi connectivity index (χ4n) is 2.09. The van der Waals surface area contributed by atoms with E-state index in [2.05, 4.69) is 22.2 Å². The van der Waals surface area contributed by atoms with Crippen molar-refractivity contribution in [2.75, 3.05) is 46.3 Å². The van der Waals surface area contributed by atoms with Gasteiger partial charge in [0, 0.05) is 38.3 Å². The van der Waals surface area contributed by atoms with Crippen molar-refractivity contribution in [3.63, 3.8) is 0 Å². The number of piperazine rings is 1. The molecule has 5 nitrogen and oxygen atoms in total. The standard InChI is InChI=1S/C15H32N4O/c1-14(2,15(3,4)16)13(20)17-7-6-8-19-11-9-18(5)10-12-19/h6-12,16H2,1-5H3,(H,17,20). The van der Waals surface area contributed by atoms with Crippen LogP contribution in [0.3, 0.4) is 0 Å². The van der Waals surface area contributed by atoms with Crippen molar-refractivity contribution in [2.24, 2.45) is 11.1 Å². The average Bonchev–Trinajstić information content (AvgIpc) is 2.35. The molecular formula is C15H32N4O. The summed E-state index contributed by atoms with van der Waals surface area (Å²) in [5.41, 5.74) is 5.00. The summed E-state index contributed by atoms with van der Waals surface area (Å²) in [6.45, 7) is 13.9. The third-order valence-electron chi connectivity index (χ3n) is 4.71. The van der Waals surface area contributed by atoms with Crippen LogP contribution >= 0.6 is 0 Å². The second kappa shape index (κ2) is 6.87. The van der Waals surface area contributed by atoms with E-state index < -0.39 is 11.0 Å². The molecule has 0 radical (unpaired) electrons. The largest absolute Gasteiger partial charge is 0.356 e. The first-order chi connectivity index (χ1) is 9.14. The number of likely N-dealkylation sites (N-methyl/N-ethyl adjacent to an activating group) is 1. The maximum atomic E-state index is 12.2. The molecule has 118 valence electrons. The quantitative estimate of drug-likeness (QED) is 0.698. The number of nitrogens with zero attached hydrogens (tertiary/aromatic N) is 2. The van der Waals surface area contributed by atoms with Gasteiger partial charge in [-0.3, -0.25) is 4.79 Å². The normalized spacial score (nSPS) is 19.1. The zero-order chi connectivity index (χ0) is 15.4. The molecule has 0 spiro atoms. The maximum absolute atomic E-state index is 12.2. The van der Waals surface area contributed by atoms with Crippen molar-refractivity contribution in [3.8, 4) is 0 Å². The average molecular weight is 284 g/mol. The van der Waals surface area contributed by atoms with Gasteiger partial charge in [-0.25, -0.2) is 0 Å². The van der Waals surface area contributed by atoms with E-state index in [1.165, 1.54) is 0 Å². The molecule has 1 saturated heterocycles. The van der Waals surface area contributed by atoms with E-state index in [0.717, 1.165) is 45.7 Å². The fourth-order valence-corrected chi connectivity index (χ4v) is 2.09. The number of nitrogens with two attached hydrogens (primary N) is 1. The van der Waals surface area contributed by atoms with Crippen molar-refractivity contribution in [1.82, 2.24) is 15.1 Å². The molecule has 1 fully saturated rings. The van der Waals surface area contributed by atoms with Crippen molar-refractivity contribution in [1.29, 1.82) is 0 Å². The Kier molecular flexibility index (Phi) is 5.98. The highest BCUT2D eigenvalue weighted by Gasteiger charge is 2.40. The van der Waals surface area contributed by atoms with Gasteiger partial charge in [-0.15, -0.1) is 0 Å². The SMILES string of the molecule is CN1CCN(CCCNC(=O)C(C)(C)C(C)(C)N)CC1. The molecule has 1 aliphatic rings. The van der Waals surface area contributed by atoms with Crippen LogP contribution in [0.15, 0.2) is 0 Å².